The van der Waals surface area contributed by atoms with Gasteiger partial charge in [0.25, 0.3) is 0 Å². The van der Waals surface area contributed by atoms with Gasteiger partial charge in [-0.25, -0.2) is 9.67 Å². The van der Waals surface area contributed by atoms with Crippen LogP contribution in [0.4, 0.5) is 0 Å². The van der Waals surface area contributed by atoms with E-state index in [1.165, 1.54) is 0 Å². The van der Waals surface area contributed by atoms with Crippen molar-refractivity contribution in [3.63, 3.8) is 0 Å². The van der Waals surface area contributed by atoms with Gasteiger partial charge in [0, 0.05) is 28.1 Å². The van der Waals surface area contributed by atoms with Crippen LogP contribution in [0.5, 0.6) is 0 Å². The third-order valence-electron chi connectivity index (χ3n) is 2.82. The molecule has 108 valence electrons. The van der Waals surface area contributed by atoms with Gasteiger partial charge in [-0.2, -0.15) is 5.10 Å². The summed E-state index contributed by atoms with van der Waals surface area (Å²) >= 11 is 6.88. The van der Waals surface area contributed by atoms with E-state index in [-0.39, 0.29) is 6.04 Å². The molecule has 0 radical (unpaired) electrons. The van der Waals surface area contributed by atoms with E-state index in [0.717, 1.165) is 27.0 Å². The topological polar surface area (TPSA) is 69.6 Å². The number of halogens is 2. The van der Waals surface area contributed by atoms with Crippen LogP contribution in [0, 0.1) is 5.92 Å². The van der Waals surface area contributed by atoms with Gasteiger partial charge in [-0.05, 0) is 43.8 Å². The summed E-state index contributed by atoms with van der Waals surface area (Å²) in [6.45, 7) is 5.15. The Balaban J connectivity index is 2.15. The molecule has 1 unspecified atom stereocenters. The summed E-state index contributed by atoms with van der Waals surface area (Å²) in [4.78, 5) is 8.67. The first kappa shape index (κ1) is 15.6. The van der Waals surface area contributed by atoms with Crippen molar-refractivity contribution in [2.24, 2.45) is 11.7 Å². The molecule has 7 heteroatoms. The summed E-state index contributed by atoms with van der Waals surface area (Å²) < 4.78 is 3.73. The first-order valence-corrected chi connectivity index (χ1v) is 7.99. The molecule has 5 nitrogen and oxygen atoms in total. The minimum atomic E-state index is -0.215. The Morgan fingerprint density at radius 3 is 2.70 bits per heavy atom. The number of aromatic nitrogens is 4. The molecule has 2 heterocycles. The van der Waals surface area contributed by atoms with Crippen LogP contribution in [-0.4, -0.2) is 19.7 Å². The average Bonchev–Trinajstić information content (AvgIpc) is 2.75. The number of hydrogen-bond acceptors (Lipinski definition) is 4. The van der Waals surface area contributed by atoms with Crippen molar-refractivity contribution in [1.82, 2.24) is 19.7 Å². The average molecular weight is 403 g/mol. The van der Waals surface area contributed by atoms with Crippen molar-refractivity contribution in [3.8, 4) is 0 Å². The Labute approximate surface area is 135 Å². The lowest BCUT2D eigenvalue weighted by Crippen LogP contribution is -2.19. The molecule has 0 aliphatic carbocycles. The lowest BCUT2D eigenvalue weighted by molar-refractivity contribution is 0.458. The van der Waals surface area contributed by atoms with Crippen molar-refractivity contribution in [1.29, 1.82) is 0 Å². The molecule has 0 bridgehead atoms. The molecular weight excluding hydrogens is 386 g/mol. The Bertz CT molecular complexity index is 582. The van der Waals surface area contributed by atoms with Crippen molar-refractivity contribution in [2.75, 3.05) is 0 Å². The van der Waals surface area contributed by atoms with E-state index < -0.39 is 0 Å². The van der Waals surface area contributed by atoms with Crippen molar-refractivity contribution in [3.05, 3.63) is 39.1 Å². The van der Waals surface area contributed by atoms with Crippen LogP contribution in [0.2, 0.25) is 0 Å². The molecule has 0 saturated carbocycles. The van der Waals surface area contributed by atoms with Crippen LogP contribution in [0.3, 0.4) is 0 Å². The molecule has 0 aromatic carbocycles. The zero-order valence-corrected chi connectivity index (χ0v) is 14.6. The molecular formula is C13H17Br2N5. The normalized spacial score (nSPS) is 12.9. The SMILES string of the molecule is CC(C)Cn1ncnc1CC(N)c1ncc(Br)cc1Br. The second kappa shape index (κ2) is 6.78. The second-order valence-electron chi connectivity index (χ2n) is 5.08. The van der Waals surface area contributed by atoms with Crippen LogP contribution in [-0.2, 0) is 13.0 Å². The van der Waals surface area contributed by atoms with Gasteiger partial charge in [-0.15, -0.1) is 0 Å². The summed E-state index contributed by atoms with van der Waals surface area (Å²) in [5, 5.41) is 4.25. The largest absolute Gasteiger partial charge is 0.322 e. The standard InChI is InChI=1S/C13H17Br2N5/c1-8(2)6-20-12(18-7-19-20)4-11(16)13-10(15)3-9(14)5-17-13/h3,5,7-8,11H,4,6,16H2,1-2H3. The van der Waals surface area contributed by atoms with Crippen LogP contribution >= 0.6 is 31.9 Å². The molecule has 0 aliphatic rings. The number of rotatable bonds is 5. The maximum absolute atomic E-state index is 6.25. The van der Waals surface area contributed by atoms with E-state index in [2.05, 4.69) is 60.8 Å². The molecule has 0 saturated heterocycles. The molecule has 2 rings (SSSR count). The van der Waals surface area contributed by atoms with E-state index in [9.17, 15) is 0 Å². The Kier molecular flexibility index (Phi) is 5.29. The Morgan fingerprint density at radius 2 is 2.05 bits per heavy atom. The minimum absolute atomic E-state index is 0.215. The highest BCUT2D eigenvalue weighted by Crippen LogP contribution is 2.25. The van der Waals surface area contributed by atoms with Gasteiger partial charge in [-0.3, -0.25) is 4.98 Å². The number of hydrogen-bond donors (Lipinski definition) is 1. The molecule has 20 heavy (non-hydrogen) atoms. The van der Waals surface area contributed by atoms with E-state index in [1.54, 1.807) is 12.5 Å². The molecule has 0 spiro atoms. The fourth-order valence-corrected chi connectivity index (χ4v) is 3.22. The van der Waals surface area contributed by atoms with E-state index in [4.69, 9.17) is 5.73 Å². The molecule has 0 amide bonds. The Morgan fingerprint density at radius 1 is 1.30 bits per heavy atom. The number of nitrogens with zero attached hydrogens (tertiary/aromatic N) is 4. The summed E-state index contributed by atoms with van der Waals surface area (Å²) in [6.07, 6.45) is 3.94. The predicted octanol–water partition coefficient (Wildman–Crippen LogP) is 3.10. The zero-order valence-electron chi connectivity index (χ0n) is 11.4. The van der Waals surface area contributed by atoms with Gasteiger partial charge in [0.1, 0.15) is 12.2 Å². The first-order valence-electron chi connectivity index (χ1n) is 6.40. The van der Waals surface area contributed by atoms with Gasteiger partial charge in [0.05, 0.1) is 11.7 Å². The van der Waals surface area contributed by atoms with Crippen LogP contribution in [0.1, 0.15) is 31.4 Å². The highest BCUT2D eigenvalue weighted by Gasteiger charge is 2.16. The summed E-state index contributed by atoms with van der Waals surface area (Å²) in [7, 11) is 0. The Hall–Kier alpha value is -0.790. The smallest absolute Gasteiger partial charge is 0.138 e. The molecule has 2 aromatic heterocycles. The van der Waals surface area contributed by atoms with Crippen molar-refractivity contribution < 1.29 is 0 Å². The van der Waals surface area contributed by atoms with Crippen LogP contribution < -0.4 is 5.73 Å². The minimum Gasteiger partial charge on any atom is -0.322 e. The molecule has 0 fully saturated rings. The number of nitrogens with two attached hydrogens (primary N) is 1. The monoisotopic (exact) mass is 401 g/mol. The predicted molar refractivity (Wildman–Crippen MR) is 85.1 cm³/mol. The third-order valence-corrected chi connectivity index (χ3v) is 3.89. The molecule has 0 aliphatic heterocycles. The lowest BCUT2D eigenvalue weighted by Gasteiger charge is -2.14. The van der Waals surface area contributed by atoms with Gasteiger partial charge in [0.2, 0.25) is 0 Å². The van der Waals surface area contributed by atoms with Gasteiger partial charge in [-0.1, -0.05) is 13.8 Å². The van der Waals surface area contributed by atoms with Crippen molar-refractivity contribution >= 4 is 31.9 Å². The quantitative estimate of drug-likeness (QED) is 0.834. The molecule has 2 N–H and O–H groups in total. The van der Waals surface area contributed by atoms with E-state index in [0.29, 0.717) is 12.3 Å². The lowest BCUT2D eigenvalue weighted by atomic mass is 10.1. The summed E-state index contributed by atoms with van der Waals surface area (Å²) in [6, 6.07) is 1.73. The van der Waals surface area contributed by atoms with E-state index in [1.807, 2.05) is 10.7 Å². The highest BCUT2D eigenvalue weighted by molar-refractivity contribution is 9.11. The maximum atomic E-state index is 6.25. The fourth-order valence-electron chi connectivity index (χ4n) is 1.94. The first-order chi connectivity index (χ1) is 9.47. The molecule has 1 atom stereocenters. The summed E-state index contributed by atoms with van der Waals surface area (Å²) in [5.74, 6) is 1.41. The second-order valence-corrected chi connectivity index (χ2v) is 6.85. The number of pyridine rings is 1. The third kappa shape index (κ3) is 3.86. The zero-order chi connectivity index (χ0) is 14.7. The highest BCUT2D eigenvalue weighted by atomic mass is 79.9. The fraction of sp³-hybridized carbons (Fsp3) is 0.462. The van der Waals surface area contributed by atoms with Gasteiger partial charge >= 0.3 is 0 Å². The van der Waals surface area contributed by atoms with Crippen LogP contribution in [0.15, 0.2) is 27.5 Å². The maximum Gasteiger partial charge on any atom is 0.138 e. The van der Waals surface area contributed by atoms with E-state index >= 15 is 0 Å². The van der Waals surface area contributed by atoms with Crippen LogP contribution in [0.25, 0.3) is 0 Å². The summed E-state index contributed by atoms with van der Waals surface area (Å²) in [5.41, 5.74) is 7.07. The van der Waals surface area contributed by atoms with Gasteiger partial charge in [0.15, 0.2) is 0 Å². The molecule has 2 aromatic rings. The van der Waals surface area contributed by atoms with Gasteiger partial charge < -0.3 is 5.73 Å². The van der Waals surface area contributed by atoms with Crippen molar-refractivity contribution in [2.45, 2.75) is 32.9 Å².